The molecule has 0 spiro atoms. The highest BCUT2D eigenvalue weighted by Crippen LogP contribution is 2.41. The van der Waals surface area contributed by atoms with Crippen molar-refractivity contribution in [3.8, 4) is 0 Å². The second-order valence-corrected chi connectivity index (χ2v) is 13.1. The number of thiazole rings is 1. The second-order valence-electron chi connectivity index (χ2n) is 8.76. The van der Waals surface area contributed by atoms with E-state index in [2.05, 4.69) is 37.9 Å². The number of rotatable bonds is 11. The van der Waals surface area contributed by atoms with Crippen molar-refractivity contribution in [2.75, 3.05) is 31.4 Å². The number of carbonyl (C=O) groups excluding carboxylic acids is 2. The van der Waals surface area contributed by atoms with Crippen LogP contribution in [0, 0.1) is 0 Å². The van der Waals surface area contributed by atoms with Crippen molar-refractivity contribution in [1.82, 2.24) is 34.7 Å². The first-order valence-corrected chi connectivity index (χ1v) is 16.1. The Morgan fingerprint density at radius 3 is 2.70 bits per heavy atom. The molecule has 0 bridgehead atoms. The number of nitrogen functional groups attached to an aromatic ring is 1. The van der Waals surface area contributed by atoms with E-state index in [9.17, 15) is 37.5 Å². The van der Waals surface area contributed by atoms with Crippen molar-refractivity contribution in [2.45, 2.75) is 18.0 Å². The average molecular weight is 674 g/mol. The summed E-state index contributed by atoms with van der Waals surface area (Å²) in [4.78, 5) is 72.4. The molecule has 230 valence electrons. The summed E-state index contributed by atoms with van der Waals surface area (Å²) >= 11 is 6.56. The topological polar surface area (TPSA) is 261 Å². The lowest BCUT2D eigenvalue weighted by atomic mass is 10.0. The molecule has 2 aromatic rings. The van der Waals surface area contributed by atoms with Gasteiger partial charge in [-0.2, -0.15) is 5.10 Å². The van der Waals surface area contributed by atoms with Gasteiger partial charge in [0.1, 0.15) is 29.9 Å². The number of hydrogen-bond acceptors (Lipinski definition) is 15. The van der Waals surface area contributed by atoms with Gasteiger partial charge in [-0.05, 0) is 11.6 Å². The lowest BCUT2D eigenvalue weighted by Gasteiger charge is -2.49. The van der Waals surface area contributed by atoms with E-state index in [4.69, 9.17) is 10.6 Å². The minimum Gasteiger partial charge on any atom is -0.477 e. The fourth-order valence-electron chi connectivity index (χ4n) is 4.06. The Kier molecular flexibility index (Phi) is 9.44. The Bertz CT molecular complexity index is 1810. The maximum absolute atomic E-state index is 13.1. The standard InChI is InChI=1S/C21H23N9O9S4/c1-39-28-11(9-7-42-21(22)24-9)15(31)25-12-17(33)30-13(20(35)36)8(6-41-19(12)30)5-10(40)14-26-27-16(32)18(34)29(14)4-3-23-43(2,37)38/h5,7,12,19,23,40H,3-4,6H2,1-2H3,(H2,22,24)(H,25,31)(H,27,32)(H,35,36). The summed E-state index contributed by atoms with van der Waals surface area (Å²) in [5.74, 6) is -3.09. The molecule has 4 heterocycles. The van der Waals surface area contributed by atoms with Gasteiger partial charge in [0.2, 0.25) is 10.0 Å². The predicted molar refractivity (Wildman–Crippen MR) is 159 cm³/mol. The molecular formula is C21H23N9O9S4. The lowest BCUT2D eigenvalue weighted by molar-refractivity contribution is -0.150. The van der Waals surface area contributed by atoms with E-state index in [0.29, 0.717) is 0 Å². The maximum Gasteiger partial charge on any atom is 0.352 e. The predicted octanol–water partition coefficient (Wildman–Crippen LogP) is -2.42. The van der Waals surface area contributed by atoms with E-state index in [1.165, 1.54) is 18.6 Å². The Hall–Kier alpha value is -3.99. The normalized spacial score (nSPS) is 19.1. The number of nitrogens with two attached hydrogens (primary N) is 1. The number of carboxylic acids is 1. The molecule has 2 aliphatic rings. The molecule has 0 aromatic carbocycles. The third-order valence-electron chi connectivity index (χ3n) is 5.85. The molecule has 4 rings (SSSR count). The van der Waals surface area contributed by atoms with Crippen LogP contribution >= 0.6 is 35.7 Å². The van der Waals surface area contributed by atoms with E-state index >= 15 is 0 Å². The molecule has 2 unspecified atom stereocenters. The van der Waals surface area contributed by atoms with Crippen LogP contribution in [0.15, 0.2) is 37.5 Å². The number of thiol groups is 1. The summed E-state index contributed by atoms with van der Waals surface area (Å²) in [5, 5.41) is 22.9. The van der Waals surface area contributed by atoms with Gasteiger partial charge in [0.15, 0.2) is 16.7 Å². The van der Waals surface area contributed by atoms with Crippen LogP contribution in [0.5, 0.6) is 0 Å². The number of oxime groups is 1. The first kappa shape index (κ1) is 31.9. The van der Waals surface area contributed by atoms with Gasteiger partial charge in [-0.3, -0.25) is 28.6 Å². The first-order chi connectivity index (χ1) is 20.2. The highest BCUT2D eigenvalue weighted by Gasteiger charge is 2.54. The smallest absolute Gasteiger partial charge is 0.352 e. The van der Waals surface area contributed by atoms with Crippen LogP contribution < -0.4 is 26.9 Å². The summed E-state index contributed by atoms with van der Waals surface area (Å²) < 4.78 is 25.9. The van der Waals surface area contributed by atoms with E-state index in [0.717, 1.165) is 38.8 Å². The molecule has 22 heteroatoms. The largest absolute Gasteiger partial charge is 0.477 e. The molecule has 18 nitrogen and oxygen atoms in total. The van der Waals surface area contributed by atoms with Crippen molar-refractivity contribution in [1.29, 1.82) is 0 Å². The molecule has 0 aliphatic carbocycles. The fraction of sp³-hybridized carbons (Fsp3) is 0.333. The van der Waals surface area contributed by atoms with E-state index in [1.54, 1.807) is 0 Å². The number of aromatic amines is 1. The van der Waals surface area contributed by atoms with Crippen LogP contribution in [0.3, 0.4) is 0 Å². The molecule has 43 heavy (non-hydrogen) atoms. The third kappa shape index (κ3) is 6.82. The number of nitrogens with zero attached hydrogens (tertiary/aromatic N) is 5. The Balaban J connectivity index is 1.61. The highest BCUT2D eigenvalue weighted by atomic mass is 32.2. The number of fused-ring (bicyclic) bond motifs is 1. The van der Waals surface area contributed by atoms with Crippen LogP contribution in [0.1, 0.15) is 11.5 Å². The zero-order chi connectivity index (χ0) is 31.6. The van der Waals surface area contributed by atoms with Gasteiger partial charge in [-0.1, -0.05) is 5.16 Å². The number of carboxylic acid groups (broad SMARTS) is 1. The number of nitrogens with one attached hydrogen (secondary N) is 3. The van der Waals surface area contributed by atoms with Crippen molar-refractivity contribution in [3.63, 3.8) is 0 Å². The summed E-state index contributed by atoms with van der Waals surface area (Å²) in [5.41, 5.74) is 3.15. The number of H-pyrrole nitrogens is 1. The number of aromatic nitrogens is 4. The van der Waals surface area contributed by atoms with E-state index in [-0.39, 0.29) is 57.4 Å². The van der Waals surface area contributed by atoms with Crippen LogP contribution in [0.25, 0.3) is 4.91 Å². The Labute approximate surface area is 255 Å². The van der Waals surface area contributed by atoms with Gasteiger partial charge < -0.3 is 21.0 Å². The van der Waals surface area contributed by atoms with Gasteiger partial charge in [0.25, 0.3) is 11.8 Å². The minimum absolute atomic E-state index is 0.0391. The highest BCUT2D eigenvalue weighted by molar-refractivity contribution is 8.00. The molecule has 2 aliphatic heterocycles. The number of anilines is 1. The van der Waals surface area contributed by atoms with Crippen LogP contribution in [-0.2, 0) is 35.8 Å². The number of sulfonamides is 1. The number of allylic oxidation sites excluding steroid dienone is 1. The zero-order valence-electron chi connectivity index (χ0n) is 22.1. The molecule has 1 saturated heterocycles. The maximum atomic E-state index is 13.1. The van der Waals surface area contributed by atoms with Crippen molar-refractivity contribution in [3.05, 3.63) is 55.0 Å². The molecule has 1 fully saturated rings. The van der Waals surface area contributed by atoms with Crippen LogP contribution in [-0.4, -0.2) is 98.7 Å². The number of amides is 2. The first-order valence-electron chi connectivity index (χ1n) is 11.8. The minimum atomic E-state index is -3.60. The van der Waals surface area contributed by atoms with Crippen molar-refractivity contribution >= 4 is 79.3 Å². The number of thioether (sulfide) groups is 1. The Morgan fingerprint density at radius 1 is 1.37 bits per heavy atom. The fourth-order valence-corrected chi connectivity index (χ4v) is 6.70. The molecule has 0 radical (unpaired) electrons. The number of β-lactam (4-membered cyclic amide) rings is 1. The summed E-state index contributed by atoms with van der Waals surface area (Å²) in [6.45, 7) is -0.536. The van der Waals surface area contributed by atoms with Gasteiger partial charge in [-0.15, -0.1) is 35.7 Å². The molecule has 0 saturated carbocycles. The molecular weight excluding hydrogens is 651 g/mol. The molecule has 2 atom stereocenters. The summed E-state index contributed by atoms with van der Waals surface area (Å²) in [7, 11) is -2.38. The summed E-state index contributed by atoms with van der Waals surface area (Å²) in [6.07, 6.45) is 2.19. The molecule has 2 amide bonds. The Morgan fingerprint density at radius 2 is 2.09 bits per heavy atom. The number of aliphatic carboxylic acids is 1. The molecule has 2 aromatic heterocycles. The van der Waals surface area contributed by atoms with Crippen molar-refractivity contribution < 1.29 is 32.7 Å². The lowest BCUT2D eigenvalue weighted by Crippen LogP contribution is -2.71. The third-order valence-corrected chi connectivity index (χ3v) is 8.88. The number of hydrogen-bond donors (Lipinski definition) is 6. The average Bonchev–Trinajstić information content (AvgIpc) is 3.37. The molecule has 6 N–H and O–H groups in total. The second kappa shape index (κ2) is 12.7. The quantitative estimate of drug-likeness (QED) is 0.0478. The van der Waals surface area contributed by atoms with Crippen LogP contribution in [0.4, 0.5) is 5.13 Å². The van der Waals surface area contributed by atoms with Gasteiger partial charge in [-0.25, -0.2) is 28.0 Å². The number of carbonyl (C=O) groups is 3. The van der Waals surface area contributed by atoms with Crippen LogP contribution in [0.2, 0.25) is 0 Å². The van der Waals surface area contributed by atoms with Crippen molar-refractivity contribution in [2.24, 2.45) is 5.16 Å². The monoisotopic (exact) mass is 673 g/mol. The van der Waals surface area contributed by atoms with E-state index in [1.807, 2.05) is 5.10 Å². The summed E-state index contributed by atoms with van der Waals surface area (Å²) in [6, 6.07) is -1.10. The van der Waals surface area contributed by atoms with Gasteiger partial charge in [0, 0.05) is 29.1 Å². The van der Waals surface area contributed by atoms with Gasteiger partial charge in [0.05, 0.1) is 6.26 Å². The zero-order valence-corrected chi connectivity index (χ0v) is 25.5. The van der Waals surface area contributed by atoms with E-state index < -0.39 is 50.3 Å². The van der Waals surface area contributed by atoms with Gasteiger partial charge >= 0.3 is 17.1 Å². The SMILES string of the molecule is CON=C(C(=O)NC1C(=O)N2C(C(=O)O)=C(C=C(S)c3n[nH]c(=O)c(=O)n3CCNS(C)(=O)=O)CSC12)c1csc(N)n1.